The number of fused-ring (bicyclic) bond motifs is 1. The van der Waals surface area contributed by atoms with Crippen LogP contribution in [-0.2, 0) is 6.54 Å². The lowest BCUT2D eigenvalue weighted by atomic mass is 10.2. The number of nitrogens with one attached hydrogen (secondary N) is 1. The van der Waals surface area contributed by atoms with Crippen LogP contribution in [0.4, 0.5) is 0 Å². The second kappa shape index (κ2) is 5.26. The Morgan fingerprint density at radius 1 is 1.37 bits per heavy atom. The summed E-state index contributed by atoms with van der Waals surface area (Å²) < 4.78 is 1.92. The molecule has 0 radical (unpaired) electrons. The number of pyridine rings is 1. The fraction of sp³-hybridized carbons (Fsp3) is 0.462. The highest BCUT2D eigenvalue weighted by atomic mass is 15.3. The van der Waals surface area contributed by atoms with E-state index in [1.54, 1.807) is 0 Å². The maximum absolute atomic E-state index is 5.90. The van der Waals surface area contributed by atoms with Crippen molar-refractivity contribution in [1.82, 2.24) is 19.9 Å². The van der Waals surface area contributed by atoms with Gasteiger partial charge in [0.15, 0.2) is 17.4 Å². The zero-order chi connectivity index (χ0) is 13.1. The molecule has 100 valence electrons. The van der Waals surface area contributed by atoms with Gasteiger partial charge in [0.2, 0.25) is 0 Å². The standard InChI is InChI=1S/C13H18N6/c14-13(16-10-5-1-2-6-10)15-9-12-18-17-11-7-3-4-8-19(11)12/h3-4,7-8,10H,1-2,5-6,9H2,(H3,14,15,16). The highest BCUT2D eigenvalue weighted by molar-refractivity contribution is 5.78. The zero-order valence-electron chi connectivity index (χ0n) is 10.8. The first kappa shape index (κ1) is 12.0. The van der Waals surface area contributed by atoms with Crippen LogP contribution in [0.5, 0.6) is 0 Å². The van der Waals surface area contributed by atoms with E-state index in [1.807, 2.05) is 28.8 Å². The molecule has 2 aromatic heterocycles. The summed E-state index contributed by atoms with van der Waals surface area (Å²) >= 11 is 0. The molecule has 0 amide bonds. The summed E-state index contributed by atoms with van der Waals surface area (Å²) in [5.41, 5.74) is 6.72. The summed E-state index contributed by atoms with van der Waals surface area (Å²) in [7, 11) is 0. The minimum Gasteiger partial charge on any atom is -0.370 e. The molecule has 0 spiro atoms. The van der Waals surface area contributed by atoms with Gasteiger partial charge in [-0.25, -0.2) is 4.99 Å². The van der Waals surface area contributed by atoms with Gasteiger partial charge in [0.05, 0.1) is 0 Å². The summed E-state index contributed by atoms with van der Waals surface area (Å²) in [5.74, 6) is 1.30. The van der Waals surface area contributed by atoms with Crippen LogP contribution in [0.25, 0.3) is 5.65 Å². The minimum absolute atomic E-state index is 0.441. The second-order valence-corrected chi connectivity index (χ2v) is 4.87. The van der Waals surface area contributed by atoms with E-state index in [2.05, 4.69) is 20.5 Å². The number of nitrogens with zero attached hydrogens (tertiary/aromatic N) is 4. The van der Waals surface area contributed by atoms with Gasteiger partial charge < -0.3 is 11.1 Å². The first-order chi connectivity index (χ1) is 9.33. The van der Waals surface area contributed by atoms with Crippen LogP contribution in [0, 0.1) is 0 Å². The third kappa shape index (κ3) is 2.67. The molecule has 3 rings (SSSR count). The summed E-state index contributed by atoms with van der Waals surface area (Å²) in [5, 5.41) is 11.5. The number of guanidine groups is 1. The first-order valence-corrected chi connectivity index (χ1v) is 6.68. The van der Waals surface area contributed by atoms with Crippen molar-refractivity contribution in [2.24, 2.45) is 10.7 Å². The Morgan fingerprint density at radius 3 is 3.05 bits per heavy atom. The van der Waals surface area contributed by atoms with Crippen LogP contribution >= 0.6 is 0 Å². The largest absolute Gasteiger partial charge is 0.370 e. The molecule has 3 N–H and O–H groups in total. The summed E-state index contributed by atoms with van der Waals surface area (Å²) in [6, 6.07) is 6.29. The predicted octanol–water partition coefficient (Wildman–Crippen LogP) is 1.08. The fourth-order valence-electron chi connectivity index (χ4n) is 2.48. The van der Waals surface area contributed by atoms with Crippen LogP contribution in [0.3, 0.4) is 0 Å². The summed E-state index contributed by atoms with van der Waals surface area (Å²) in [6.07, 6.45) is 6.86. The summed E-state index contributed by atoms with van der Waals surface area (Å²) in [4.78, 5) is 4.34. The number of nitrogens with two attached hydrogens (primary N) is 1. The smallest absolute Gasteiger partial charge is 0.189 e. The lowest BCUT2D eigenvalue weighted by molar-refractivity contribution is 0.624. The quantitative estimate of drug-likeness (QED) is 0.637. The third-order valence-electron chi connectivity index (χ3n) is 3.48. The van der Waals surface area contributed by atoms with Gasteiger partial charge in [-0.3, -0.25) is 4.40 Å². The molecule has 6 heteroatoms. The molecule has 0 unspecified atom stereocenters. The molecular weight excluding hydrogens is 240 g/mol. The van der Waals surface area contributed by atoms with Crippen molar-refractivity contribution in [2.45, 2.75) is 38.3 Å². The predicted molar refractivity (Wildman–Crippen MR) is 73.7 cm³/mol. The Bertz CT molecular complexity index is 582. The monoisotopic (exact) mass is 258 g/mol. The number of aliphatic imine (C=N–C) groups is 1. The second-order valence-electron chi connectivity index (χ2n) is 4.87. The van der Waals surface area contributed by atoms with Crippen molar-refractivity contribution in [3.63, 3.8) is 0 Å². The molecule has 1 saturated carbocycles. The van der Waals surface area contributed by atoms with Crippen LogP contribution in [0.15, 0.2) is 29.4 Å². The van der Waals surface area contributed by atoms with E-state index in [1.165, 1.54) is 25.7 Å². The van der Waals surface area contributed by atoms with Gasteiger partial charge in [0.1, 0.15) is 6.54 Å². The van der Waals surface area contributed by atoms with E-state index in [9.17, 15) is 0 Å². The molecule has 0 aliphatic heterocycles. The van der Waals surface area contributed by atoms with Gasteiger partial charge in [-0.05, 0) is 25.0 Å². The highest BCUT2D eigenvalue weighted by Gasteiger charge is 2.14. The number of hydrogen-bond donors (Lipinski definition) is 2. The molecule has 0 saturated heterocycles. The molecule has 2 aromatic rings. The van der Waals surface area contributed by atoms with Gasteiger partial charge in [-0.15, -0.1) is 10.2 Å². The van der Waals surface area contributed by atoms with Crippen molar-refractivity contribution in [1.29, 1.82) is 0 Å². The van der Waals surface area contributed by atoms with Crippen molar-refractivity contribution >= 4 is 11.6 Å². The maximum Gasteiger partial charge on any atom is 0.189 e. The molecule has 1 aliphatic carbocycles. The summed E-state index contributed by atoms with van der Waals surface area (Å²) in [6.45, 7) is 0.441. The Hall–Kier alpha value is -2.11. The van der Waals surface area contributed by atoms with Crippen molar-refractivity contribution in [3.8, 4) is 0 Å². The Labute approximate surface area is 111 Å². The van der Waals surface area contributed by atoms with Crippen LogP contribution < -0.4 is 11.1 Å². The van der Waals surface area contributed by atoms with E-state index in [0.29, 0.717) is 18.5 Å². The van der Waals surface area contributed by atoms with Crippen LogP contribution in [0.1, 0.15) is 31.5 Å². The Morgan fingerprint density at radius 2 is 2.21 bits per heavy atom. The molecule has 0 bridgehead atoms. The first-order valence-electron chi connectivity index (χ1n) is 6.68. The third-order valence-corrected chi connectivity index (χ3v) is 3.48. The molecule has 2 heterocycles. The fourth-order valence-corrected chi connectivity index (χ4v) is 2.48. The SMILES string of the molecule is NC(=NCc1nnc2ccccn12)NC1CCCC1. The lowest BCUT2D eigenvalue weighted by Crippen LogP contribution is -2.38. The average molecular weight is 258 g/mol. The van der Waals surface area contributed by atoms with Gasteiger partial charge in [-0.1, -0.05) is 18.9 Å². The molecular formula is C13H18N6. The molecule has 6 nitrogen and oxygen atoms in total. The van der Waals surface area contributed by atoms with Gasteiger partial charge in [-0.2, -0.15) is 0 Å². The van der Waals surface area contributed by atoms with Crippen molar-refractivity contribution < 1.29 is 0 Å². The Balaban J connectivity index is 1.67. The zero-order valence-corrected chi connectivity index (χ0v) is 10.8. The van der Waals surface area contributed by atoms with E-state index in [0.717, 1.165) is 11.5 Å². The Kier molecular flexibility index (Phi) is 3.31. The molecule has 19 heavy (non-hydrogen) atoms. The van der Waals surface area contributed by atoms with E-state index in [-0.39, 0.29) is 0 Å². The normalized spacial score (nSPS) is 17.2. The lowest BCUT2D eigenvalue weighted by Gasteiger charge is -2.11. The van der Waals surface area contributed by atoms with Gasteiger partial charge >= 0.3 is 0 Å². The molecule has 1 fully saturated rings. The number of aromatic nitrogens is 3. The number of hydrogen-bond acceptors (Lipinski definition) is 3. The van der Waals surface area contributed by atoms with Crippen molar-refractivity contribution in [3.05, 3.63) is 30.2 Å². The minimum atomic E-state index is 0.441. The highest BCUT2D eigenvalue weighted by Crippen LogP contribution is 2.17. The van der Waals surface area contributed by atoms with Crippen LogP contribution in [0.2, 0.25) is 0 Å². The molecule has 0 aromatic carbocycles. The van der Waals surface area contributed by atoms with E-state index in [4.69, 9.17) is 5.73 Å². The molecule has 1 aliphatic rings. The van der Waals surface area contributed by atoms with Gasteiger partial charge in [0.25, 0.3) is 0 Å². The molecule has 0 atom stereocenters. The van der Waals surface area contributed by atoms with Crippen molar-refractivity contribution in [2.75, 3.05) is 0 Å². The van der Waals surface area contributed by atoms with E-state index < -0.39 is 0 Å². The van der Waals surface area contributed by atoms with Crippen LogP contribution in [-0.4, -0.2) is 26.6 Å². The topological polar surface area (TPSA) is 80.6 Å². The average Bonchev–Trinajstić information content (AvgIpc) is 3.05. The number of rotatable bonds is 3. The van der Waals surface area contributed by atoms with E-state index >= 15 is 0 Å². The van der Waals surface area contributed by atoms with Gasteiger partial charge in [0, 0.05) is 12.2 Å². The maximum atomic E-state index is 5.90.